The zero-order chi connectivity index (χ0) is 22.8. The van der Waals surface area contributed by atoms with Gasteiger partial charge in [0.1, 0.15) is 5.75 Å². The van der Waals surface area contributed by atoms with Gasteiger partial charge < -0.3 is 9.30 Å². The lowest BCUT2D eigenvalue weighted by Gasteiger charge is -2.10. The molecule has 0 fully saturated rings. The number of carbonyl (C=O) groups is 1. The quantitative estimate of drug-likeness (QED) is 0.224. The number of aromatic amines is 1. The topological polar surface area (TPSA) is 72.8 Å². The Morgan fingerprint density at radius 2 is 1.94 bits per heavy atom. The maximum atomic E-state index is 13.0. The van der Waals surface area contributed by atoms with Gasteiger partial charge in [-0.25, -0.2) is 4.98 Å². The summed E-state index contributed by atoms with van der Waals surface area (Å²) in [7, 11) is 1.59. The minimum atomic E-state index is 0.0261. The molecule has 0 aliphatic rings. The first kappa shape index (κ1) is 22.6. The lowest BCUT2D eigenvalue weighted by atomic mass is 10.2. The molecule has 2 aromatic carbocycles. The van der Waals surface area contributed by atoms with Crippen molar-refractivity contribution in [3.05, 3.63) is 75.0 Å². The molecule has 0 saturated carbocycles. The van der Waals surface area contributed by atoms with Gasteiger partial charge in [-0.15, -0.1) is 5.10 Å². The van der Waals surface area contributed by atoms with Crippen LogP contribution in [0.2, 0.25) is 5.02 Å². The molecule has 0 saturated heterocycles. The Hall–Kier alpha value is -2.55. The average molecular weight is 532 g/mol. The van der Waals surface area contributed by atoms with Gasteiger partial charge in [-0.05, 0) is 62.4 Å². The number of nitrogens with one attached hydrogen (secondary N) is 1. The Balaban J connectivity index is 1.50. The summed E-state index contributed by atoms with van der Waals surface area (Å²) >= 11 is 10.9. The van der Waals surface area contributed by atoms with Crippen LogP contribution in [0.3, 0.4) is 0 Å². The van der Waals surface area contributed by atoms with E-state index in [0.29, 0.717) is 32.9 Å². The van der Waals surface area contributed by atoms with E-state index in [1.807, 2.05) is 44.2 Å². The van der Waals surface area contributed by atoms with Gasteiger partial charge in [-0.1, -0.05) is 39.3 Å². The van der Waals surface area contributed by atoms with Crippen molar-refractivity contribution in [3.63, 3.8) is 0 Å². The van der Waals surface area contributed by atoms with Crippen LogP contribution in [0.5, 0.6) is 5.75 Å². The van der Waals surface area contributed by atoms with E-state index in [2.05, 4.69) is 35.7 Å². The average Bonchev–Trinajstić information content (AvgIpc) is 3.37. The number of hydrogen-bond donors (Lipinski definition) is 1. The van der Waals surface area contributed by atoms with E-state index in [9.17, 15) is 4.79 Å². The van der Waals surface area contributed by atoms with Gasteiger partial charge in [-0.3, -0.25) is 9.89 Å². The van der Waals surface area contributed by atoms with Crippen LogP contribution in [-0.2, 0) is 0 Å². The lowest BCUT2D eigenvalue weighted by molar-refractivity contribution is 0.102. The summed E-state index contributed by atoms with van der Waals surface area (Å²) in [4.78, 5) is 17.5. The summed E-state index contributed by atoms with van der Waals surface area (Å²) in [6.45, 7) is 3.96. The van der Waals surface area contributed by atoms with Crippen molar-refractivity contribution in [1.29, 1.82) is 0 Å². The highest BCUT2D eigenvalue weighted by Crippen LogP contribution is 2.31. The largest absolute Gasteiger partial charge is 0.496 e. The van der Waals surface area contributed by atoms with Crippen LogP contribution < -0.4 is 4.74 Å². The van der Waals surface area contributed by atoms with Gasteiger partial charge in [0.25, 0.3) is 0 Å². The number of hydrogen-bond acceptors (Lipinski definition) is 5. The summed E-state index contributed by atoms with van der Waals surface area (Å²) in [5.74, 6) is 1.43. The summed E-state index contributed by atoms with van der Waals surface area (Å²) in [5.41, 5.74) is 4.35. The van der Waals surface area contributed by atoms with Crippen LogP contribution in [-0.4, -0.2) is 38.4 Å². The van der Waals surface area contributed by atoms with E-state index >= 15 is 0 Å². The molecular weight excluding hydrogens is 512 g/mol. The second-order valence-electron chi connectivity index (χ2n) is 7.12. The van der Waals surface area contributed by atoms with Crippen molar-refractivity contribution >= 4 is 45.1 Å². The molecule has 1 N–H and O–H groups in total. The minimum absolute atomic E-state index is 0.0261. The third-order valence-corrected chi connectivity index (χ3v) is 6.64. The SMILES string of the molecule is COc1ccc(Cl)cc1-c1nc(SCC(=O)c2cc(C)n(-c3ccc(Br)cc3)c2C)n[nH]1. The first-order valence-corrected chi connectivity index (χ1v) is 11.9. The Kier molecular flexibility index (Phi) is 6.74. The minimum Gasteiger partial charge on any atom is -0.496 e. The number of benzene rings is 2. The van der Waals surface area contributed by atoms with Crippen molar-refractivity contribution in [1.82, 2.24) is 19.7 Å². The maximum absolute atomic E-state index is 13.0. The number of rotatable bonds is 7. The van der Waals surface area contributed by atoms with Crippen LogP contribution in [0, 0.1) is 13.8 Å². The van der Waals surface area contributed by atoms with Gasteiger partial charge in [0.05, 0.1) is 18.4 Å². The van der Waals surface area contributed by atoms with Gasteiger partial charge in [-0.2, -0.15) is 0 Å². The number of aromatic nitrogens is 4. The van der Waals surface area contributed by atoms with Crippen molar-refractivity contribution in [2.45, 2.75) is 19.0 Å². The molecule has 164 valence electrons. The molecule has 4 rings (SSSR count). The number of nitrogens with zero attached hydrogens (tertiary/aromatic N) is 3. The first-order valence-electron chi connectivity index (χ1n) is 9.74. The van der Waals surface area contributed by atoms with E-state index < -0.39 is 0 Å². The van der Waals surface area contributed by atoms with E-state index in [0.717, 1.165) is 21.5 Å². The molecule has 0 bridgehead atoms. The second-order valence-corrected chi connectivity index (χ2v) is 9.41. The van der Waals surface area contributed by atoms with Crippen LogP contribution in [0.25, 0.3) is 17.1 Å². The number of ketones is 1. The Labute approximate surface area is 203 Å². The number of Topliss-reactive ketones (excluding diaryl/α,β-unsaturated/α-hetero) is 1. The smallest absolute Gasteiger partial charge is 0.209 e. The number of halogens is 2. The van der Waals surface area contributed by atoms with Crippen molar-refractivity contribution in [2.24, 2.45) is 0 Å². The normalized spacial score (nSPS) is 11.0. The second kappa shape index (κ2) is 9.52. The van der Waals surface area contributed by atoms with Crippen LogP contribution in [0.1, 0.15) is 21.7 Å². The predicted molar refractivity (Wildman–Crippen MR) is 131 cm³/mol. The number of thioether (sulfide) groups is 1. The molecule has 0 unspecified atom stereocenters. The van der Waals surface area contributed by atoms with Crippen LogP contribution in [0.4, 0.5) is 0 Å². The fraction of sp³-hybridized carbons (Fsp3) is 0.174. The van der Waals surface area contributed by atoms with Crippen LogP contribution in [0.15, 0.2) is 58.2 Å². The fourth-order valence-electron chi connectivity index (χ4n) is 3.54. The van der Waals surface area contributed by atoms with Gasteiger partial charge in [0.15, 0.2) is 11.6 Å². The van der Waals surface area contributed by atoms with Gasteiger partial charge in [0, 0.05) is 32.1 Å². The highest BCUT2D eigenvalue weighted by atomic mass is 79.9. The first-order chi connectivity index (χ1) is 15.4. The van der Waals surface area contributed by atoms with Gasteiger partial charge >= 0.3 is 0 Å². The number of ether oxygens (including phenoxy) is 1. The van der Waals surface area contributed by atoms with Crippen molar-refractivity contribution in [3.8, 4) is 22.8 Å². The lowest BCUT2D eigenvalue weighted by Crippen LogP contribution is -2.05. The monoisotopic (exact) mass is 530 g/mol. The zero-order valence-corrected chi connectivity index (χ0v) is 20.8. The maximum Gasteiger partial charge on any atom is 0.209 e. The Morgan fingerprint density at radius 1 is 1.19 bits per heavy atom. The van der Waals surface area contributed by atoms with Crippen LogP contribution >= 0.6 is 39.3 Å². The molecule has 4 aromatic rings. The molecule has 0 atom stereocenters. The number of H-pyrrole nitrogens is 1. The Morgan fingerprint density at radius 3 is 2.66 bits per heavy atom. The summed E-state index contributed by atoms with van der Waals surface area (Å²) in [5, 5.41) is 8.18. The zero-order valence-electron chi connectivity index (χ0n) is 17.6. The highest BCUT2D eigenvalue weighted by Gasteiger charge is 2.18. The molecule has 0 aliphatic carbocycles. The van der Waals surface area contributed by atoms with E-state index in [1.54, 1.807) is 25.3 Å². The molecule has 0 aliphatic heterocycles. The Bertz CT molecular complexity index is 1280. The summed E-state index contributed by atoms with van der Waals surface area (Å²) in [6.07, 6.45) is 0. The van der Waals surface area contributed by atoms with Gasteiger partial charge in [0.2, 0.25) is 5.16 Å². The molecular formula is C23H20BrClN4O2S. The fourth-order valence-corrected chi connectivity index (χ4v) is 4.66. The molecule has 0 amide bonds. The van der Waals surface area contributed by atoms with E-state index in [4.69, 9.17) is 16.3 Å². The molecule has 0 spiro atoms. The highest BCUT2D eigenvalue weighted by molar-refractivity contribution is 9.10. The molecule has 32 heavy (non-hydrogen) atoms. The third kappa shape index (κ3) is 4.62. The predicted octanol–water partition coefficient (Wildman–Crippen LogP) is 6.28. The summed E-state index contributed by atoms with van der Waals surface area (Å²) in [6, 6.07) is 15.2. The number of aryl methyl sites for hydroxylation is 1. The third-order valence-electron chi connectivity index (χ3n) is 5.03. The summed E-state index contributed by atoms with van der Waals surface area (Å²) < 4.78 is 8.47. The van der Waals surface area contributed by atoms with E-state index in [-0.39, 0.29) is 11.5 Å². The van der Waals surface area contributed by atoms with Crippen molar-refractivity contribution in [2.75, 3.05) is 12.9 Å². The molecule has 9 heteroatoms. The molecule has 6 nitrogen and oxygen atoms in total. The molecule has 0 radical (unpaired) electrons. The number of methoxy groups -OCH3 is 1. The van der Waals surface area contributed by atoms with E-state index in [1.165, 1.54) is 11.8 Å². The molecule has 2 aromatic heterocycles. The standard InChI is InChI=1S/C23H20BrClN4O2S/c1-13-10-18(14(2)29(13)17-7-4-15(24)5-8-17)20(30)12-32-23-26-22(27-28-23)19-11-16(25)6-9-21(19)31-3/h4-11H,12H2,1-3H3,(H,26,27,28). The number of carbonyl (C=O) groups excluding carboxylic acids is 1. The molecule has 2 heterocycles. The van der Waals surface area contributed by atoms with Crippen molar-refractivity contribution < 1.29 is 9.53 Å².